The van der Waals surface area contributed by atoms with Crippen molar-refractivity contribution in [2.24, 2.45) is 0 Å². The summed E-state index contributed by atoms with van der Waals surface area (Å²) in [7, 11) is 0. The predicted octanol–water partition coefficient (Wildman–Crippen LogP) is 1.62. The summed E-state index contributed by atoms with van der Waals surface area (Å²) in [5.74, 6) is -0.962. The number of phenols is 2. The Balaban J connectivity index is 1.56. The van der Waals surface area contributed by atoms with Crippen molar-refractivity contribution in [2.75, 3.05) is 18.7 Å². The minimum absolute atomic E-state index is 0.125. The second-order valence-electron chi connectivity index (χ2n) is 4.89. The number of esters is 1. The highest BCUT2D eigenvalue weighted by molar-refractivity contribution is 5.97. The predicted molar refractivity (Wildman–Crippen MR) is 81.2 cm³/mol. The van der Waals surface area contributed by atoms with Crippen molar-refractivity contribution in [1.29, 1.82) is 0 Å². The molecule has 3 rings (SSSR count). The number of phenolic OH excluding ortho intramolecular Hbond substituents is 2. The van der Waals surface area contributed by atoms with Gasteiger partial charge in [-0.25, -0.2) is 4.79 Å². The zero-order chi connectivity index (χ0) is 17.1. The molecule has 2 aromatic rings. The molecule has 0 aromatic heterocycles. The van der Waals surface area contributed by atoms with Crippen molar-refractivity contribution >= 4 is 17.6 Å². The van der Waals surface area contributed by atoms with Gasteiger partial charge in [0.15, 0.2) is 18.1 Å². The molecule has 0 radical (unpaired) electrons. The fourth-order valence-corrected chi connectivity index (χ4v) is 2.07. The molecule has 1 aliphatic heterocycles. The van der Waals surface area contributed by atoms with Crippen LogP contribution >= 0.6 is 0 Å². The lowest BCUT2D eigenvalue weighted by molar-refractivity contribution is -0.119. The van der Waals surface area contributed by atoms with Gasteiger partial charge in [0.1, 0.15) is 17.1 Å². The Labute approximate surface area is 136 Å². The van der Waals surface area contributed by atoms with Gasteiger partial charge in [-0.2, -0.15) is 0 Å². The average Bonchev–Trinajstić information content (AvgIpc) is 3.00. The van der Waals surface area contributed by atoms with E-state index in [-0.39, 0.29) is 18.1 Å². The lowest BCUT2D eigenvalue weighted by atomic mass is 10.2. The van der Waals surface area contributed by atoms with Gasteiger partial charge >= 0.3 is 5.97 Å². The maximum atomic E-state index is 11.8. The van der Waals surface area contributed by atoms with E-state index >= 15 is 0 Å². The van der Waals surface area contributed by atoms with Crippen molar-refractivity contribution in [2.45, 2.75) is 0 Å². The fourth-order valence-electron chi connectivity index (χ4n) is 2.07. The van der Waals surface area contributed by atoms with Crippen LogP contribution in [0.2, 0.25) is 0 Å². The first-order chi connectivity index (χ1) is 11.5. The second kappa shape index (κ2) is 6.37. The van der Waals surface area contributed by atoms with Gasteiger partial charge in [0.05, 0.1) is 0 Å². The number of benzene rings is 2. The van der Waals surface area contributed by atoms with Crippen molar-refractivity contribution in [3.63, 3.8) is 0 Å². The third kappa shape index (κ3) is 3.32. The van der Waals surface area contributed by atoms with Gasteiger partial charge in [-0.3, -0.25) is 4.79 Å². The second-order valence-corrected chi connectivity index (χ2v) is 4.89. The smallest absolute Gasteiger partial charge is 0.342 e. The first-order valence-corrected chi connectivity index (χ1v) is 6.91. The minimum Gasteiger partial charge on any atom is -0.508 e. The highest BCUT2D eigenvalue weighted by atomic mass is 16.7. The first kappa shape index (κ1) is 15.5. The topological polar surface area (TPSA) is 114 Å². The van der Waals surface area contributed by atoms with E-state index in [9.17, 15) is 19.8 Å². The molecule has 1 amide bonds. The monoisotopic (exact) mass is 331 g/mol. The van der Waals surface area contributed by atoms with Crippen LogP contribution in [0.3, 0.4) is 0 Å². The van der Waals surface area contributed by atoms with Gasteiger partial charge in [0.2, 0.25) is 6.79 Å². The Hall–Kier alpha value is -3.42. The van der Waals surface area contributed by atoms with Crippen molar-refractivity contribution in [3.8, 4) is 23.0 Å². The molecule has 2 aromatic carbocycles. The van der Waals surface area contributed by atoms with Crippen LogP contribution in [0.5, 0.6) is 23.0 Å². The molecule has 0 saturated heterocycles. The maximum absolute atomic E-state index is 11.8. The standard InChI is InChI=1S/C16H13NO7/c18-10-2-3-11(12(19)6-10)16(21)22-7-15(20)17-9-1-4-13-14(5-9)24-8-23-13/h1-6,18-19H,7-8H2,(H,17,20). The minimum atomic E-state index is -0.881. The lowest BCUT2D eigenvalue weighted by Crippen LogP contribution is -2.20. The molecule has 8 nitrogen and oxygen atoms in total. The molecule has 1 heterocycles. The van der Waals surface area contributed by atoms with Crippen LogP contribution in [-0.4, -0.2) is 35.5 Å². The van der Waals surface area contributed by atoms with Crippen LogP contribution in [0.4, 0.5) is 5.69 Å². The number of hydrogen-bond acceptors (Lipinski definition) is 7. The number of carbonyl (C=O) groups excluding carboxylic acids is 2. The van der Waals surface area contributed by atoms with Crippen LogP contribution in [0.25, 0.3) is 0 Å². The van der Waals surface area contributed by atoms with E-state index in [1.54, 1.807) is 18.2 Å². The number of rotatable bonds is 4. The molecule has 0 saturated carbocycles. The molecule has 24 heavy (non-hydrogen) atoms. The van der Waals surface area contributed by atoms with E-state index in [1.807, 2.05) is 0 Å². The highest BCUT2D eigenvalue weighted by Gasteiger charge is 2.16. The van der Waals surface area contributed by atoms with E-state index in [2.05, 4.69) is 5.32 Å². The Morgan fingerprint density at radius 2 is 1.88 bits per heavy atom. The molecule has 124 valence electrons. The van der Waals surface area contributed by atoms with Crippen LogP contribution in [-0.2, 0) is 9.53 Å². The van der Waals surface area contributed by atoms with Gasteiger partial charge in [0, 0.05) is 17.8 Å². The number of carbonyl (C=O) groups is 2. The maximum Gasteiger partial charge on any atom is 0.342 e. The zero-order valence-electron chi connectivity index (χ0n) is 12.3. The molecule has 0 aliphatic carbocycles. The van der Waals surface area contributed by atoms with E-state index < -0.39 is 24.2 Å². The van der Waals surface area contributed by atoms with Crippen molar-refractivity contribution in [1.82, 2.24) is 0 Å². The van der Waals surface area contributed by atoms with E-state index in [0.29, 0.717) is 17.2 Å². The summed E-state index contributed by atoms with van der Waals surface area (Å²) in [6.07, 6.45) is 0. The summed E-state index contributed by atoms with van der Waals surface area (Å²) in [5.41, 5.74) is 0.316. The Morgan fingerprint density at radius 1 is 1.08 bits per heavy atom. The van der Waals surface area contributed by atoms with Crippen LogP contribution < -0.4 is 14.8 Å². The Kier molecular flexibility index (Phi) is 4.11. The summed E-state index contributed by atoms with van der Waals surface area (Å²) >= 11 is 0. The van der Waals surface area contributed by atoms with Gasteiger partial charge in [-0.15, -0.1) is 0 Å². The van der Waals surface area contributed by atoms with E-state index in [0.717, 1.165) is 6.07 Å². The summed E-state index contributed by atoms with van der Waals surface area (Å²) in [6, 6.07) is 8.29. The zero-order valence-corrected chi connectivity index (χ0v) is 12.3. The van der Waals surface area contributed by atoms with Gasteiger partial charge in [0.25, 0.3) is 5.91 Å². The molecule has 0 unspecified atom stereocenters. The quantitative estimate of drug-likeness (QED) is 0.729. The average molecular weight is 331 g/mol. The molecule has 0 fully saturated rings. The molecule has 8 heteroatoms. The van der Waals surface area contributed by atoms with Crippen LogP contribution in [0, 0.1) is 0 Å². The van der Waals surface area contributed by atoms with Crippen molar-refractivity contribution < 1.29 is 34.0 Å². The van der Waals surface area contributed by atoms with Crippen LogP contribution in [0.15, 0.2) is 36.4 Å². The largest absolute Gasteiger partial charge is 0.508 e. The Morgan fingerprint density at radius 3 is 2.67 bits per heavy atom. The number of nitrogens with one attached hydrogen (secondary N) is 1. The van der Waals surface area contributed by atoms with Gasteiger partial charge < -0.3 is 29.7 Å². The molecule has 3 N–H and O–H groups in total. The van der Waals surface area contributed by atoms with E-state index in [1.165, 1.54) is 12.1 Å². The van der Waals surface area contributed by atoms with Crippen LogP contribution in [0.1, 0.15) is 10.4 Å². The lowest BCUT2D eigenvalue weighted by Gasteiger charge is -2.08. The number of hydrogen-bond donors (Lipinski definition) is 3. The number of fused-ring (bicyclic) bond motifs is 1. The van der Waals surface area contributed by atoms with Gasteiger partial charge in [-0.1, -0.05) is 0 Å². The third-order valence-corrected chi connectivity index (χ3v) is 3.19. The Bertz CT molecular complexity index is 803. The fraction of sp³-hybridized carbons (Fsp3) is 0.125. The molecular weight excluding hydrogens is 318 g/mol. The van der Waals surface area contributed by atoms with E-state index in [4.69, 9.17) is 14.2 Å². The molecule has 0 spiro atoms. The summed E-state index contributed by atoms with van der Waals surface area (Å²) in [5, 5.41) is 21.3. The van der Waals surface area contributed by atoms with Crippen molar-refractivity contribution in [3.05, 3.63) is 42.0 Å². The SMILES string of the molecule is O=C(COC(=O)c1ccc(O)cc1O)Nc1ccc2c(c1)OCO2. The number of ether oxygens (including phenoxy) is 3. The summed E-state index contributed by atoms with van der Waals surface area (Å²) in [4.78, 5) is 23.6. The number of aromatic hydroxyl groups is 2. The molecular formula is C16H13NO7. The first-order valence-electron chi connectivity index (χ1n) is 6.91. The normalized spacial score (nSPS) is 11.8. The third-order valence-electron chi connectivity index (χ3n) is 3.19. The summed E-state index contributed by atoms with van der Waals surface area (Å²) < 4.78 is 15.2. The highest BCUT2D eigenvalue weighted by Crippen LogP contribution is 2.34. The summed E-state index contributed by atoms with van der Waals surface area (Å²) in [6.45, 7) is -0.409. The molecule has 0 atom stereocenters. The molecule has 0 bridgehead atoms. The molecule has 1 aliphatic rings. The van der Waals surface area contributed by atoms with Gasteiger partial charge in [-0.05, 0) is 24.3 Å². The number of amides is 1. The number of anilines is 1.